The second-order valence-corrected chi connectivity index (χ2v) is 7.64. The van der Waals surface area contributed by atoms with E-state index in [1.807, 2.05) is 42.5 Å². The summed E-state index contributed by atoms with van der Waals surface area (Å²) in [6, 6.07) is 22.8. The average Bonchev–Trinajstić information content (AvgIpc) is 3.27. The molecule has 3 aromatic carbocycles. The summed E-state index contributed by atoms with van der Waals surface area (Å²) in [5.41, 5.74) is 7.23. The minimum Gasteiger partial charge on any atom is -0.368 e. The number of nitrogens with two attached hydrogens (primary N) is 1. The monoisotopic (exact) mass is 437 g/mol. The van der Waals surface area contributed by atoms with E-state index in [4.69, 9.17) is 5.73 Å². The van der Waals surface area contributed by atoms with Crippen molar-refractivity contribution < 1.29 is 9.59 Å². The molecule has 0 spiro atoms. The summed E-state index contributed by atoms with van der Waals surface area (Å²) in [5.74, 6) is -1.31. The van der Waals surface area contributed by atoms with Gasteiger partial charge in [0.25, 0.3) is 11.5 Å². The number of hydrogen-bond acceptors (Lipinski definition) is 4. The van der Waals surface area contributed by atoms with E-state index < -0.39 is 17.9 Å². The van der Waals surface area contributed by atoms with Gasteiger partial charge in [0.05, 0.1) is 11.9 Å². The fourth-order valence-corrected chi connectivity index (χ4v) is 3.79. The summed E-state index contributed by atoms with van der Waals surface area (Å²) in [7, 11) is 0. The van der Waals surface area contributed by atoms with Crippen LogP contribution in [0.2, 0.25) is 0 Å². The lowest BCUT2D eigenvalue weighted by atomic mass is 10.1. The van der Waals surface area contributed by atoms with Crippen molar-refractivity contribution in [1.29, 1.82) is 0 Å². The highest BCUT2D eigenvalue weighted by molar-refractivity contribution is 5.97. The van der Waals surface area contributed by atoms with E-state index in [0.29, 0.717) is 11.3 Å². The van der Waals surface area contributed by atoms with E-state index in [1.165, 1.54) is 10.6 Å². The Kier molecular flexibility index (Phi) is 4.95. The fourth-order valence-electron chi connectivity index (χ4n) is 3.79. The standard InChI is InChI=1S/C25H19N5O3/c26-23(31)22(16-7-2-1-3-8-16)28-24(32)19-13-21-25(33)27-20(14-30(21)29-19)18-11-10-15-6-4-5-9-17(15)12-18/h1-14,22H,(H2,26,31)(H,27,33)(H,28,32)/t22-/m1/s1. The number of carbonyl (C=O) groups is 2. The molecule has 8 heteroatoms. The molecule has 1 atom stereocenters. The Morgan fingerprint density at radius 3 is 2.42 bits per heavy atom. The number of rotatable bonds is 5. The Labute approximate surface area is 187 Å². The third-order valence-electron chi connectivity index (χ3n) is 5.45. The molecule has 0 unspecified atom stereocenters. The van der Waals surface area contributed by atoms with Crippen molar-refractivity contribution in [2.45, 2.75) is 6.04 Å². The molecule has 5 aromatic rings. The van der Waals surface area contributed by atoms with Crippen LogP contribution in [0.5, 0.6) is 0 Å². The number of aromatic nitrogens is 3. The van der Waals surface area contributed by atoms with Gasteiger partial charge in [0, 0.05) is 11.6 Å². The Morgan fingerprint density at radius 1 is 0.939 bits per heavy atom. The van der Waals surface area contributed by atoms with Gasteiger partial charge in [-0.15, -0.1) is 0 Å². The predicted octanol–water partition coefficient (Wildman–Crippen LogP) is 2.80. The molecular weight excluding hydrogens is 418 g/mol. The Morgan fingerprint density at radius 2 is 1.67 bits per heavy atom. The third kappa shape index (κ3) is 3.85. The number of amides is 2. The van der Waals surface area contributed by atoms with E-state index in [0.717, 1.165) is 16.3 Å². The topological polar surface area (TPSA) is 122 Å². The van der Waals surface area contributed by atoms with Crippen LogP contribution in [-0.2, 0) is 4.79 Å². The number of primary amides is 1. The summed E-state index contributed by atoms with van der Waals surface area (Å²) in [4.78, 5) is 40.3. The van der Waals surface area contributed by atoms with Crippen LogP contribution in [0.1, 0.15) is 22.1 Å². The van der Waals surface area contributed by atoms with Crippen molar-refractivity contribution in [3.05, 3.63) is 107 Å². The van der Waals surface area contributed by atoms with Crippen LogP contribution in [-0.4, -0.2) is 26.4 Å². The highest BCUT2D eigenvalue weighted by atomic mass is 16.2. The first-order chi connectivity index (χ1) is 16.0. The number of aromatic amines is 1. The molecule has 0 bridgehead atoms. The maximum atomic E-state index is 12.8. The highest BCUT2D eigenvalue weighted by Crippen LogP contribution is 2.22. The zero-order chi connectivity index (χ0) is 22.9. The van der Waals surface area contributed by atoms with Gasteiger partial charge < -0.3 is 16.0 Å². The van der Waals surface area contributed by atoms with Gasteiger partial charge in [-0.05, 0) is 22.4 Å². The first-order valence-electron chi connectivity index (χ1n) is 10.3. The summed E-state index contributed by atoms with van der Waals surface area (Å²) in [6.45, 7) is 0. The SMILES string of the molecule is NC(=O)[C@H](NC(=O)c1cc2c(=O)[nH]c(-c3ccc4ccccc4c3)cn2n1)c1ccccc1. The molecule has 5 rings (SSSR count). The van der Waals surface area contributed by atoms with Crippen LogP contribution in [0.25, 0.3) is 27.5 Å². The number of hydrogen-bond donors (Lipinski definition) is 3. The zero-order valence-electron chi connectivity index (χ0n) is 17.4. The second kappa shape index (κ2) is 8.08. The molecule has 4 N–H and O–H groups in total. The molecule has 0 saturated carbocycles. The van der Waals surface area contributed by atoms with Gasteiger partial charge in [-0.1, -0.05) is 66.7 Å². The molecule has 0 radical (unpaired) electrons. The Hall–Kier alpha value is -4.72. The van der Waals surface area contributed by atoms with Gasteiger partial charge in [0.2, 0.25) is 5.91 Å². The lowest BCUT2D eigenvalue weighted by Crippen LogP contribution is -2.37. The van der Waals surface area contributed by atoms with Crippen LogP contribution in [0, 0.1) is 0 Å². The van der Waals surface area contributed by atoms with Crippen LogP contribution in [0.4, 0.5) is 0 Å². The molecule has 2 aromatic heterocycles. The van der Waals surface area contributed by atoms with Gasteiger partial charge in [-0.2, -0.15) is 5.10 Å². The van der Waals surface area contributed by atoms with Gasteiger partial charge in [-0.25, -0.2) is 4.52 Å². The summed E-state index contributed by atoms with van der Waals surface area (Å²) in [6.07, 6.45) is 1.65. The number of nitrogens with one attached hydrogen (secondary N) is 2. The van der Waals surface area contributed by atoms with Crippen molar-refractivity contribution in [2.24, 2.45) is 5.73 Å². The molecule has 0 saturated heterocycles. The number of H-pyrrole nitrogens is 1. The zero-order valence-corrected chi connectivity index (χ0v) is 17.4. The number of benzene rings is 3. The van der Waals surface area contributed by atoms with Crippen LogP contribution in [0.15, 0.2) is 89.9 Å². The van der Waals surface area contributed by atoms with Gasteiger partial charge >= 0.3 is 0 Å². The predicted molar refractivity (Wildman–Crippen MR) is 125 cm³/mol. The normalized spacial score (nSPS) is 12.0. The molecule has 33 heavy (non-hydrogen) atoms. The molecule has 0 aliphatic heterocycles. The second-order valence-electron chi connectivity index (χ2n) is 7.64. The van der Waals surface area contributed by atoms with E-state index in [1.54, 1.807) is 36.5 Å². The molecule has 0 aliphatic carbocycles. The van der Waals surface area contributed by atoms with Gasteiger partial charge in [0.1, 0.15) is 11.6 Å². The van der Waals surface area contributed by atoms with Crippen molar-refractivity contribution in [1.82, 2.24) is 19.9 Å². The van der Waals surface area contributed by atoms with Gasteiger partial charge in [0.15, 0.2) is 5.69 Å². The van der Waals surface area contributed by atoms with Crippen molar-refractivity contribution in [3.8, 4) is 11.3 Å². The maximum Gasteiger partial charge on any atom is 0.274 e. The Bertz CT molecular complexity index is 1570. The number of carbonyl (C=O) groups excluding carboxylic acids is 2. The van der Waals surface area contributed by atoms with Gasteiger partial charge in [-0.3, -0.25) is 14.4 Å². The highest BCUT2D eigenvalue weighted by Gasteiger charge is 2.23. The van der Waals surface area contributed by atoms with E-state index >= 15 is 0 Å². The first kappa shape index (κ1) is 20.2. The van der Waals surface area contributed by atoms with Crippen LogP contribution in [0.3, 0.4) is 0 Å². The molecular formula is C25H19N5O3. The molecule has 162 valence electrons. The Balaban J connectivity index is 1.49. The largest absolute Gasteiger partial charge is 0.368 e. The van der Waals surface area contributed by atoms with E-state index in [2.05, 4.69) is 15.4 Å². The number of fused-ring (bicyclic) bond motifs is 2. The average molecular weight is 437 g/mol. The lowest BCUT2D eigenvalue weighted by molar-refractivity contribution is -0.120. The van der Waals surface area contributed by atoms with Crippen LogP contribution < -0.4 is 16.6 Å². The summed E-state index contributed by atoms with van der Waals surface area (Å²) < 4.78 is 1.36. The molecule has 8 nitrogen and oxygen atoms in total. The minimum atomic E-state index is -1.02. The molecule has 2 heterocycles. The summed E-state index contributed by atoms with van der Waals surface area (Å²) in [5, 5.41) is 8.98. The van der Waals surface area contributed by atoms with Crippen molar-refractivity contribution in [2.75, 3.05) is 0 Å². The molecule has 2 amide bonds. The van der Waals surface area contributed by atoms with E-state index in [-0.39, 0.29) is 16.8 Å². The first-order valence-corrected chi connectivity index (χ1v) is 10.3. The van der Waals surface area contributed by atoms with E-state index in [9.17, 15) is 14.4 Å². The molecule has 0 aliphatic rings. The van der Waals surface area contributed by atoms with Crippen molar-refractivity contribution >= 4 is 28.1 Å². The lowest BCUT2D eigenvalue weighted by Gasteiger charge is -2.14. The quantitative estimate of drug-likeness (QED) is 0.391. The fraction of sp³-hybridized carbons (Fsp3) is 0.0400. The summed E-state index contributed by atoms with van der Waals surface area (Å²) >= 11 is 0. The smallest absolute Gasteiger partial charge is 0.274 e. The molecule has 0 fully saturated rings. The third-order valence-corrected chi connectivity index (χ3v) is 5.45. The minimum absolute atomic E-state index is 0.00153. The maximum absolute atomic E-state index is 12.8. The van der Waals surface area contributed by atoms with Crippen molar-refractivity contribution in [3.63, 3.8) is 0 Å². The van der Waals surface area contributed by atoms with Crippen LogP contribution >= 0.6 is 0 Å². The number of nitrogens with zero attached hydrogens (tertiary/aromatic N) is 2.